The Morgan fingerprint density at radius 3 is 1.30 bits per heavy atom. The highest BCUT2D eigenvalue weighted by Crippen LogP contribution is 2.54. The molecule has 0 heterocycles. The lowest BCUT2D eigenvalue weighted by Gasteiger charge is -2.40. The molecule has 0 aliphatic heterocycles. The van der Waals surface area contributed by atoms with E-state index in [1.165, 1.54) is 80.7 Å². The third kappa shape index (κ3) is 23.4. The van der Waals surface area contributed by atoms with Crippen molar-refractivity contribution >= 4 is 34.7 Å². The SMILES string of the molecule is CCCCCC(C)CCC1C(O[Si](C)(C)C(C)(C)C)CC2Cc3c(cccc3OCC(=O)OCc3ccccc3)CC21.CCCCCC(O)CCC1C(O[Si](C)(C)C(C)(C)C)CC2Cc3c(cccc3OCC(=O)OCc3ccccc3)CC21.CNC(=O)OCc1ccccc1. The Hall–Kier alpha value is -5.78. The maximum Gasteiger partial charge on any atom is 0.407 e. The van der Waals surface area contributed by atoms with Crippen molar-refractivity contribution in [3.8, 4) is 11.5 Å². The molecule has 0 saturated heterocycles. The lowest BCUT2D eigenvalue weighted by Crippen LogP contribution is -2.45. The molecular formula is C82H121NO11Si2. The molecule has 528 valence electrons. The number of carbonyl (C=O) groups is 3. The smallest absolute Gasteiger partial charge is 0.407 e. The van der Waals surface area contributed by atoms with Crippen LogP contribution in [-0.2, 0) is 78.2 Å². The number of ether oxygens (including phenoxy) is 5. The number of unbranched alkanes of at least 4 members (excludes halogenated alkanes) is 4. The molecule has 0 aromatic heterocycles. The number of aliphatic hydroxyl groups excluding tert-OH is 1. The molecule has 9 rings (SSSR count). The van der Waals surface area contributed by atoms with Gasteiger partial charge in [-0.1, -0.05) is 229 Å². The number of alkyl carbamates (subject to hydrolysis) is 1. The number of rotatable bonds is 30. The second-order valence-electron chi connectivity index (χ2n) is 31.2. The van der Waals surface area contributed by atoms with E-state index >= 15 is 0 Å². The van der Waals surface area contributed by atoms with Gasteiger partial charge in [0.25, 0.3) is 0 Å². The first-order valence-electron chi connectivity index (χ1n) is 36.6. The van der Waals surface area contributed by atoms with Crippen molar-refractivity contribution in [2.45, 2.75) is 252 Å². The van der Waals surface area contributed by atoms with Gasteiger partial charge in [-0.2, -0.15) is 0 Å². The fourth-order valence-corrected chi connectivity index (χ4v) is 17.1. The van der Waals surface area contributed by atoms with Gasteiger partial charge in [0.05, 0.1) is 6.10 Å². The predicted molar refractivity (Wildman–Crippen MR) is 393 cm³/mol. The van der Waals surface area contributed by atoms with Gasteiger partial charge in [0.2, 0.25) is 0 Å². The average molecular weight is 1350 g/mol. The number of amides is 1. The van der Waals surface area contributed by atoms with E-state index in [0.29, 0.717) is 48.2 Å². The van der Waals surface area contributed by atoms with Gasteiger partial charge in [-0.3, -0.25) is 0 Å². The van der Waals surface area contributed by atoms with Crippen LogP contribution in [0.15, 0.2) is 127 Å². The van der Waals surface area contributed by atoms with Crippen LogP contribution in [0.1, 0.15) is 191 Å². The number of aliphatic hydroxyl groups is 1. The largest absolute Gasteiger partial charge is 0.482 e. The van der Waals surface area contributed by atoms with Crippen molar-refractivity contribution in [2.24, 2.45) is 41.4 Å². The quantitative estimate of drug-likeness (QED) is 0.0196. The molecule has 10 atom stereocenters. The maximum atomic E-state index is 12.5. The lowest BCUT2D eigenvalue weighted by atomic mass is 9.73. The summed E-state index contributed by atoms with van der Waals surface area (Å²) in [7, 11) is -2.29. The molecule has 1 amide bonds. The number of hydrogen-bond donors (Lipinski definition) is 2. The second-order valence-corrected chi connectivity index (χ2v) is 40.7. The molecule has 5 aromatic carbocycles. The molecule has 4 aliphatic carbocycles. The van der Waals surface area contributed by atoms with E-state index in [4.69, 9.17) is 32.5 Å². The fraction of sp³-hybridized carbons (Fsp3) is 0.598. The van der Waals surface area contributed by atoms with Crippen LogP contribution in [-0.4, -0.2) is 78.3 Å². The van der Waals surface area contributed by atoms with Crippen LogP contribution in [0, 0.1) is 41.4 Å². The molecule has 4 aliphatic rings. The minimum absolute atomic E-state index is 0.0625. The minimum Gasteiger partial charge on any atom is -0.482 e. The molecule has 0 bridgehead atoms. The van der Waals surface area contributed by atoms with Crippen molar-refractivity contribution < 1.29 is 52.0 Å². The van der Waals surface area contributed by atoms with E-state index in [0.717, 1.165) is 98.3 Å². The zero-order chi connectivity index (χ0) is 69.5. The number of esters is 2. The zero-order valence-corrected chi connectivity index (χ0v) is 63.2. The molecule has 2 N–H and O–H groups in total. The lowest BCUT2D eigenvalue weighted by molar-refractivity contribution is -0.148. The summed E-state index contributed by atoms with van der Waals surface area (Å²) in [5.74, 6) is 5.12. The molecule has 2 fully saturated rings. The molecule has 14 heteroatoms. The van der Waals surface area contributed by atoms with E-state index in [2.05, 4.69) is 118 Å². The summed E-state index contributed by atoms with van der Waals surface area (Å²) in [4.78, 5) is 35.6. The summed E-state index contributed by atoms with van der Waals surface area (Å²) in [6.45, 7) is 31.2. The van der Waals surface area contributed by atoms with Gasteiger partial charge in [-0.15, -0.1) is 0 Å². The number of nitrogens with one attached hydrogen (secondary N) is 1. The Kier molecular flexibility index (Phi) is 30.2. The van der Waals surface area contributed by atoms with Gasteiger partial charge in [-0.25, -0.2) is 14.4 Å². The van der Waals surface area contributed by atoms with Crippen LogP contribution in [0.25, 0.3) is 0 Å². The van der Waals surface area contributed by atoms with Crippen molar-refractivity contribution in [3.05, 3.63) is 166 Å². The van der Waals surface area contributed by atoms with E-state index in [9.17, 15) is 19.5 Å². The van der Waals surface area contributed by atoms with E-state index < -0.39 is 22.7 Å². The maximum absolute atomic E-state index is 12.5. The van der Waals surface area contributed by atoms with Gasteiger partial charge in [0.1, 0.15) is 31.3 Å². The van der Waals surface area contributed by atoms with Crippen molar-refractivity contribution in [1.29, 1.82) is 0 Å². The highest BCUT2D eigenvalue weighted by atomic mass is 28.4. The molecule has 10 unspecified atom stereocenters. The van der Waals surface area contributed by atoms with Crippen LogP contribution in [0.3, 0.4) is 0 Å². The standard InChI is InChI=1S/C37H56O4Si.C36H54O5Si.C9H11NO2/c1-8-9-11-15-27(2)20-21-31-32-22-29-18-14-19-34(39-26-36(38)40-25-28-16-12-10-13-17-28)33(29)23-30(32)24-35(31)41-42(6,7)37(3,4)5;1-7-8-10-17-29(37)19-20-30-31-21-27-16-13-18-33(39-25-35(38)40-24-26-14-11-9-12-15-26)32(27)22-28(31)23-34(30)41-42(5,6)36(2,3)4;1-10-9(11)12-7-8-5-3-2-4-6-8/h10,12-14,16-19,27,30-32,35H,8-9,11,15,20-26H2,1-7H3;9,11-16,18,28-31,34,37H,7-8,10,17,19-25H2,1-6H3;2-6H,7H2,1H3,(H,10,11). The Labute approximate surface area is 580 Å². The Morgan fingerprint density at radius 1 is 0.510 bits per heavy atom. The topological polar surface area (TPSA) is 148 Å². The molecule has 5 aromatic rings. The van der Waals surface area contributed by atoms with E-state index in [-0.39, 0.29) is 60.7 Å². The highest BCUT2D eigenvalue weighted by molar-refractivity contribution is 6.74. The predicted octanol–water partition coefficient (Wildman–Crippen LogP) is 19.4. The summed E-state index contributed by atoms with van der Waals surface area (Å²) in [5, 5.41) is 13.5. The molecular weight excluding hydrogens is 1230 g/mol. The van der Waals surface area contributed by atoms with Crippen LogP contribution in [0.5, 0.6) is 11.5 Å². The summed E-state index contributed by atoms with van der Waals surface area (Å²) in [6, 6.07) is 41.7. The molecule has 12 nitrogen and oxygen atoms in total. The van der Waals surface area contributed by atoms with Gasteiger partial charge < -0.3 is 43.0 Å². The van der Waals surface area contributed by atoms with Gasteiger partial charge in [0, 0.05) is 19.3 Å². The minimum atomic E-state index is -1.95. The number of benzene rings is 5. The summed E-state index contributed by atoms with van der Waals surface area (Å²) >= 11 is 0. The fourth-order valence-electron chi connectivity index (χ4n) is 14.4. The van der Waals surface area contributed by atoms with Crippen LogP contribution in [0.4, 0.5) is 4.79 Å². The first-order valence-corrected chi connectivity index (χ1v) is 42.4. The number of fused-ring (bicyclic) bond motifs is 4. The monoisotopic (exact) mass is 1350 g/mol. The Morgan fingerprint density at radius 2 is 0.906 bits per heavy atom. The number of hydrogen-bond acceptors (Lipinski definition) is 11. The van der Waals surface area contributed by atoms with Gasteiger partial charge in [0.15, 0.2) is 29.8 Å². The van der Waals surface area contributed by atoms with Gasteiger partial charge in [-0.05, 0) is 193 Å². The first-order chi connectivity index (χ1) is 45.8. The highest BCUT2D eigenvalue weighted by Gasteiger charge is 2.51. The third-order valence-corrected chi connectivity index (χ3v) is 31.0. The second kappa shape index (κ2) is 37.4. The number of carbonyl (C=O) groups excluding carboxylic acids is 3. The third-order valence-electron chi connectivity index (χ3n) is 22.0. The summed E-state index contributed by atoms with van der Waals surface area (Å²) in [6.07, 6.45) is 20.4. The molecule has 2 saturated carbocycles. The first kappa shape index (κ1) is 77.6. The van der Waals surface area contributed by atoms with Crippen LogP contribution < -0.4 is 14.8 Å². The molecule has 0 radical (unpaired) electrons. The van der Waals surface area contributed by atoms with E-state index in [1.54, 1.807) is 0 Å². The zero-order valence-electron chi connectivity index (χ0n) is 61.2. The van der Waals surface area contributed by atoms with Crippen LogP contribution >= 0.6 is 0 Å². The van der Waals surface area contributed by atoms with Crippen molar-refractivity contribution in [3.63, 3.8) is 0 Å². The molecule has 96 heavy (non-hydrogen) atoms. The normalized spacial score (nSPS) is 21.0. The Bertz CT molecular complexity index is 2950. The Balaban J connectivity index is 0.000000231. The average Bonchev–Trinajstić information content (AvgIpc) is 1.60. The van der Waals surface area contributed by atoms with Gasteiger partial charge >= 0.3 is 18.0 Å². The van der Waals surface area contributed by atoms with Crippen molar-refractivity contribution in [1.82, 2.24) is 5.32 Å². The van der Waals surface area contributed by atoms with Crippen molar-refractivity contribution in [2.75, 3.05) is 20.3 Å². The summed E-state index contributed by atoms with van der Waals surface area (Å²) in [5.41, 5.74) is 8.17. The summed E-state index contributed by atoms with van der Waals surface area (Å²) < 4.78 is 42.3. The molecule has 0 spiro atoms. The van der Waals surface area contributed by atoms with E-state index in [1.807, 2.05) is 103 Å². The van der Waals surface area contributed by atoms with Crippen LogP contribution in [0.2, 0.25) is 36.3 Å².